The molecule has 0 saturated carbocycles. The van der Waals surface area contributed by atoms with Crippen LogP contribution in [0.4, 0.5) is 4.79 Å². The third kappa shape index (κ3) is 4.75. The molecule has 0 spiro atoms. The molecule has 1 aromatic heterocycles. The van der Waals surface area contributed by atoms with E-state index in [2.05, 4.69) is 15.6 Å². The minimum atomic E-state index is -0.540. The minimum absolute atomic E-state index is 0.229. The zero-order valence-electron chi connectivity index (χ0n) is 8.57. The Morgan fingerprint density at radius 2 is 2.19 bits per heavy atom. The van der Waals surface area contributed by atoms with E-state index in [-0.39, 0.29) is 5.88 Å². The lowest BCUT2D eigenvalue weighted by molar-refractivity contribution is -0.117. The Labute approximate surface area is 98.2 Å². The largest absolute Gasteiger partial charge is 0.337 e. The van der Waals surface area contributed by atoms with Crippen molar-refractivity contribution in [2.24, 2.45) is 0 Å². The summed E-state index contributed by atoms with van der Waals surface area (Å²) in [6, 6.07) is 5.02. The molecule has 0 atom stereocenters. The van der Waals surface area contributed by atoms with Gasteiger partial charge in [-0.1, -0.05) is 6.07 Å². The highest BCUT2D eigenvalue weighted by molar-refractivity contribution is 6.28. The van der Waals surface area contributed by atoms with Crippen molar-refractivity contribution in [2.75, 3.05) is 12.4 Å². The van der Waals surface area contributed by atoms with Gasteiger partial charge in [0.15, 0.2) is 0 Å². The van der Waals surface area contributed by atoms with Gasteiger partial charge in [0, 0.05) is 24.9 Å². The lowest BCUT2D eigenvalue weighted by Gasteiger charge is -2.04. The molecule has 0 aliphatic rings. The average Bonchev–Trinajstić information content (AvgIpc) is 2.30. The molecular weight excluding hydrogens is 230 g/mol. The van der Waals surface area contributed by atoms with Crippen molar-refractivity contribution in [3.05, 3.63) is 30.1 Å². The molecule has 16 heavy (non-hydrogen) atoms. The molecule has 0 aromatic carbocycles. The number of aromatic nitrogens is 1. The summed E-state index contributed by atoms with van der Waals surface area (Å²) < 4.78 is 0. The Hall–Kier alpha value is -1.62. The van der Waals surface area contributed by atoms with Crippen molar-refractivity contribution < 1.29 is 9.59 Å². The molecule has 3 amide bonds. The van der Waals surface area contributed by atoms with E-state index in [0.29, 0.717) is 13.0 Å². The van der Waals surface area contributed by atoms with Crippen LogP contribution in [-0.4, -0.2) is 29.3 Å². The molecule has 2 N–H and O–H groups in total. The van der Waals surface area contributed by atoms with Crippen molar-refractivity contribution >= 4 is 23.5 Å². The molecule has 0 fully saturated rings. The van der Waals surface area contributed by atoms with Gasteiger partial charge in [-0.15, -0.1) is 11.6 Å². The van der Waals surface area contributed by atoms with E-state index in [0.717, 1.165) is 5.69 Å². The molecule has 6 heteroatoms. The van der Waals surface area contributed by atoms with Crippen LogP contribution < -0.4 is 10.6 Å². The Kier molecular flexibility index (Phi) is 5.28. The second-order valence-electron chi connectivity index (χ2n) is 3.01. The molecule has 0 saturated heterocycles. The number of rotatable bonds is 4. The van der Waals surface area contributed by atoms with Crippen molar-refractivity contribution in [1.29, 1.82) is 0 Å². The minimum Gasteiger partial charge on any atom is -0.337 e. The van der Waals surface area contributed by atoms with Gasteiger partial charge < -0.3 is 5.32 Å². The van der Waals surface area contributed by atoms with Gasteiger partial charge in [0.1, 0.15) is 5.88 Å². The summed E-state index contributed by atoms with van der Waals surface area (Å²) in [5.74, 6) is -0.745. The maximum Gasteiger partial charge on any atom is 0.321 e. The Morgan fingerprint density at radius 1 is 1.38 bits per heavy atom. The fourth-order valence-corrected chi connectivity index (χ4v) is 1.12. The topological polar surface area (TPSA) is 71.1 Å². The van der Waals surface area contributed by atoms with E-state index in [4.69, 9.17) is 11.6 Å². The first-order valence-electron chi connectivity index (χ1n) is 4.76. The predicted octanol–water partition coefficient (Wildman–Crippen LogP) is 0.689. The maximum atomic E-state index is 11.1. The number of pyridine rings is 1. The number of nitrogens with zero attached hydrogens (tertiary/aromatic N) is 1. The molecule has 86 valence electrons. The highest BCUT2D eigenvalue weighted by atomic mass is 35.5. The third-order valence-corrected chi connectivity index (χ3v) is 2.01. The standard InChI is InChI=1S/C10H12ClN3O2/c11-7-9(15)14-10(16)13-6-4-8-3-1-2-5-12-8/h1-3,5H,4,6-7H2,(H2,13,14,15,16). The van der Waals surface area contributed by atoms with E-state index in [1.807, 2.05) is 18.2 Å². The molecule has 0 unspecified atom stereocenters. The second-order valence-corrected chi connectivity index (χ2v) is 3.28. The molecule has 0 bridgehead atoms. The lowest BCUT2D eigenvalue weighted by Crippen LogP contribution is -2.40. The van der Waals surface area contributed by atoms with Gasteiger partial charge in [-0.25, -0.2) is 4.79 Å². The third-order valence-electron chi connectivity index (χ3n) is 1.77. The summed E-state index contributed by atoms with van der Waals surface area (Å²) in [6.45, 7) is 0.415. The van der Waals surface area contributed by atoms with Gasteiger partial charge in [-0.05, 0) is 12.1 Å². The number of halogens is 1. The summed E-state index contributed by atoms with van der Waals surface area (Å²) >= 11 is 5.22. The first-order valence-corrected chi connectivity index (χ1v) is 5.29. The van der Waals surface area contributed by atoms with Crippen LogP contribution in [0.3, 0.4) is 0 Å². The van der Waals surface area contributed by atoms with Gasteiger partial charge in [0.05, 0.1) is 0 Å². The fourth-order valence-electron chi connectivity index (χ4n) is 1.05. The van der Waals surface area contributed by atoms with Crippen molar-refractivity contribution in [2.45, 2.75) is 6.42 Å². The first-order chi connectivity index (χ1) is 7.72. The zero-order valence-corrected chi connectivity index (χ0v) is 9.33. The van der Waals surface area contributed by atoms with Crippen LogP contribution in [0, 0.1) is 0 Å². The van der Waals surface area contributed by atoms with Crippen molar-refractivity contribution in [3.8, 4) is 0 Å². The molecule has 1 aromatic rings. The van der Waals surface area contributed by atoms with E-state index < -0.39 is 11.9 Å². The highest BCUT2D eigenvalue weighted by Gasteiger charge is 2.04. The normalized spacial score (nSPS) is 9.56. The lowest BCUT2D eigenvalue weighted by atomic mass is 10.3. The van der Waals surface area contributed by atoms with Crippen LogP contribution in [0.1, 0.15) is 5.69 Å². The summed E-state index contributed by atoms with van der Waals surface area (Å²) in [5.41, 5.74) is 0.881. The number of carbonyl (C=O) groups is 2. The van der Waals surface area contributed by atoms with E-state index in [1.165, 1.54) is 0 Å². The number of carbonyl (C=O) groups excluding carboxylic acids is 2. The van der Waals surface area contributed by atoms with Crippen LogP contribution in [0.15, 0.2) is 24.4 Å². The number of alkyl halides is 1. The van der Waals surface area contributed by atoms with Crippen LogP contribution >= 0.6 is 11.6 Å². The van der Waals surface area contributed by atoms with Gasteiger partial charge in [-0.3, -0.25) is 15.1 Å². The van der Waals surface area contributed by atoms with Gasteiger partial charge >= 0.3 is 6.03 Å². The Morgan fingerprint density at radius 3 is 2.81 bits per heavy atom. The number of urea groups is 1. The molecule has 0 aliphatic heterocycles. The predicted molar refractivity (Wildman–Crippen MR) is 60.2 cm³/mol. The van der Waals surface area contributed by atoms with Crippen LogP contribution in [0.2, 0.25) is 0 Å². The number of hydrogen-bond acceptors (Lipinski definition) is 3. The Balaban J connectivity index is 2.21. The number of nitrogens with one attached hydrogen (secondary N) is 2. The quantitative estimate of drug-likeness (QED) is 0.762. The van der Waals surface area contributed by atoms with E-state index in [9.17, 15) is 9.59 Å². The Bertz CT molecular complexity index is 356. The smallest absolute Gasteiger partial charge is 0.321 e. The van der Waals surface area contributed by atoms with Gasteiger partial charge in [0.25, 0.3) is 0 Å². The van der Waals surface area contributed by atoms with Crippen molar-refractivity contribution in [3.63, 3.8) is 0 Å². The number of hydrogen-bond donors (Lipinski definition) is 2. The molecule has 0 radical (unpaired) electrons. The second kappa shape index (κ2) is 6.79. The highest BCUT2D eigenvalue weighted by Crippen LogP contribution is 1.92. The summed E-state index contributed by atoms with van der Waals surface area (Å²) in [4.78, 5) is 25.9. The fraction of sp³-hybridized carbons (Fsp3) is 0.300. The monoisotopic (exact) mass is 241 g/mol. The molecule has 0 aliphatic carbocycles. The number of imide groups is 1. The SMILES string of the molecule is O=C(CCl)NC(=O)NCCc1ccccn1. The van der Waals surface area contributed by atoms with E-state index in [1.54, 1.807) is 6.20 Å². The molecule has 1 heterocycles. The van der Waals surface area contributed by atoms with E-state index >= 15 is 0 Å². The summed E-state index contributed by atoms with van der Waals surface area (Å²) in [6.07, 6.45) is 2.30. The summed E-state index contributed by atoms with van der Waals surface area (Å²) in [7, 11) is 0. The molecule has 5 nitrogen and oxygen atoms in total. The first kappa shape index (κ1) is 12.4. The molecular formula is C10H12ClN3O2. The van der Waals surface area contributed by atoms with Crippen LogP contribution in [0.25, 0.3) is 0 Å². The van der Waals surface area contributed by atoms with Crippen LogP contribution in [0.5, 0.6) is 0 Å². The average molecular weight is 242 g/mol. The van der Waals surface area contributed by atoms with Gasteiger partial charge in [-0.2, -0.15) is 0 Å². The zero-order chi connectivity index (χ0) is 11.8. The van der Waals surface area contributed by atoms with Gasteiger partial charge in [0.2, 0.25) is 5.91 Å². The summed E-state index contributed by atoms with van der Waals surface area (Å²) in [5, 5.41) is 4.60. The van der Waals surface area contributed by atoms with Crippen LogP contribution in [-0.2, 0) is 11.2 Å². The maximum absolute atomic E-state index is 11.1. The number of amides is 3. The van der Waals surface area contributed by atoms with Crippen molar-refractivity contribution in [1.82, 2.24) is 15.6 Å². The molecule has 1 rings (SSSR count).